The quantitative estimate of drug-likeness (QED) is 0.867. The summed E-state index contributed by atoms with van der Waals surface area (Å²) in [6.45, 7) is 4.39. The van der Waals surface area contributed by atoms with Crippen molar-refractivity contribution in [1.82, 2.24) is 4.90 Å². The van der Waals surface area contributed by atoms with Crippen LogP contribution in [0.4, 0.5) is 0 Å². The Kier molecular flexibility index (Phi) is 3.70. The van der Waals surface area contributed by atoms with Gasteiger partial charge < -0.3 is 15.1 Å². The number of rotatable bonds is 2. The summed E-state index contributed by atoms with van der Waals surface area (Å²) >= 11 is 0. The Labute approximate surface area is 117 Å². The summed E-state index contributed by atoms with van der Waals surface area (Å²) in [5.74, 6) is -0.767. The standard InChI is InChI=1S/C15H19NO4/c1-10-9-11(17)3-4-12(10)13(18)16-7-5-15(2,6-8-16)14(19)20/h3-4,9,17H,5-8H2,1-2H3,(H,19,20). The Balaban J connectivity index is 2.11. The molecule has 1 heterocycles. The number of carboxylic acids is 1. The lowest BCUT2D eigenvalue weighted by Gasteiger charge is -2.36. The van der Waals surface area contributed by atoms with E-state index in [4.69, 9.17) is 0 Å². The van der Waals surface area contributed by atoms with Crippen molar-refractivity contribution in [2.45, 2.75) is 26.7 Å². The lowest BCUT2D eigenvalue weighted by atomic mass is 9.80. The molecule has 0 bridgehead atoms. The zero-order chi connectivity index (χ0) is 14.9. The molecule has 0 atom stereocenters. The second-order valence-electron chi connectivity index (χ2n) is 5.66. The predicted octanol–water partition coefficient (Wildman–Crippen LogP) is 2.03. The van der Waals surface area contributed by atoms with Gasteiger partial charge in [-0.3, -0.25) is 9.59 Å². The number of aromatic hydroxyl groups is 1. The lowest BCUT2D eigenvalue weighted by Crippen LogP contribution is -2.45. The van der Waals surface area contributed by atoms with Gasteiger partial charge in [-0.2, -0.15) is 0 Å². The normalized spacial score (nSPS) is 17.8. The van der Waals surface area contributed by atoms with E-state index < -0.39 is 11.4 Å². The molecule has 1 aromatic carbocycles. The van der Waals surface area contributed by atoms with Gasteiger partial charge in [0.05, 0.1) is 5.41 Å². The molecule has 0 spiro atoms. The summed E-state index contributed by atoms with van der Waals surface area (Å²) < 4.78 is 0. The number of carboxylic acid groups (broad SMARTS) is 1. The summed E-state index contributed by atoms with van der Waals surface area (Å²) in [5.41, 5.74) is 0.545. The predicted molar refractivity (Wildman–Crippen MR) is 73.7 cm³/mol. The Morgan fingerprint density at radius 2 is 1.85 bits per heavy atom. The fourth-order valence-corrected chi connectivity index (χ4v) is 2.48. The van der Waals surface area contributed by atoms with Crippen LogP contribution in [0.5, 0.6) is 5.75 Å². The first-order valence-corrected chi connectivity index (χ1v) is 6.66. The van der Waals surface area contributed by atoms with Crippen molar-refractivity contribution in [3.8, 4) is 5.75 Å². The number of phenolic OH excluding ortho intramolecular Hbond substituents is 1. The second kappa shape index (κ2) is 5.15. The van der Waals surface area contributed by atoms with Crippen LogP contribution in [-0.4, -0.2) is 40.1 Å². The van der Waals surface area contributed by atoms with Crippen LogP contribution in [0.25, 0.3) is 0 Å². The van der Waals surface area contributed by atoms with E-state index >= 15 is 0 Å². The Morgan fingerprint density at radius 3 is 2.35 bits per heavy atom. The number of nitrogens with zero attached hydrogens (tertiary/aromatic N) is 1. The summed E-state index contributed by atoms with van der Waals surface area (Å²) in [4.78, 5) is 25.3. The Morgan fingerprint density at radius 1 is 1.25 bits per heavy atom. The Bertz CT molecular complexity index is 545. The largest absolute Gasteiger partial charge is 0.508 e. The molecular formula is C15H19NO4. The van der Waals surface area contributed by atoms with Crippen LogP contribution in [-0.2, 0) is 4.79 Å². The van der Waals surface area contributed by atoms with Crippen molar-refractivity contribution >= 4 is 11.9 Å². The molecule has 2 rings (SSSR count). The van der Waals surface area contributed by atoms with E-state index in [1.807, 2.05) is 0 Å². The number of benzene rings is 1. The first-order chi connectivity index (χ1) is 9.33. The van der Waals surface area contributed by atoms with Gasteiger partial charge in [-0.25, -0.2) is 0 Å². The molecule has 1 aliphatic heterocycles. The van der Waals surface area contributed by atoms with E-state index in [2.05, 4.69) is 0 Å². The van der Waals surface area contributed by atoms with Gasteiger partial charge in [-0.05, 0) is 50.5 Å². The van der Waals surface area contributed by atoms with Gasteiger partial charge in [0.25, 0.3) is 5.91 Å². The number of aliphatic carboxylic acids is 1. The highest BCUT2D eigenvalue weighted by Gasteiger charge is 2.38. The van der Waals surface area contributed by atoms with Crippen LogP contribution in [0.15, 0.2) is 18.2 Å². The third-order valence-corrected chi connectivity index (χ3v) is 4.11. The van der Waals surface area contributed by atoms with Crippen LogP contribution in [0, 0.1) is 12.3 Å². The van der Waals surface area contributed by atoms with Crippen molar-refractivity contribution in [2.75, 3.05) is 13.1 Å². The molecule has 0 saturated carbocycles. The zero-order valence-electron chi connectivity index (χ0n) is 11.7. The van der Waals surface area contributed by atoms with Gasteiger partial charge in [-0.15, -0.1) is 0 Å². The van der Waals surface area contributed by atoms with Gasteiger partial charge in [-0.1, -0.05) is 0 Å². The summed E-state index contributed by atoms with van der Waals surface area (Å²) in [5, 5.41) is 18.6. The van der Waals surface area contributed by atoms with Crippen LogP contribution in [0.3, 0.4) is 0 Å². The number of phenols is 1. The minimum absolute atomic E-state index is 0.102. The average Bonchev–Trinajstić information content (AvgIpc) is 2.38. The molecule has 5 heteroatoms. The Hall–Kier alpha value is -2.04. The van der Waals surface area contributed by atoms with Crippen molar-refractivity contribution in [1.29, 1.82) is 0 Å². The molecule has 1 amide bonds. The van der Waals surface area contributed by atoms with Crippen molar-refractivity contribution in [2.24, 2.45) is 5.41 Å². The molecule has 20 heavy (non-hydrogen) atoms. The molecule has 108 valence electrons. The molecule has 1 fully saturated rings. The highest BCUT2D eigenvalue weighted by molar-refractivity contribution is 5.96. The molecule has 5 nitrogen and oxygen atoms in total. The van der Waals surface area contributed by atoms with E-state index in [0.29, 0.717) is 31.5 Å². The minimum Gasteiger partial charge on any atom is -0.508 e. The van der Waals surface area contributed by atoms with E-state index in [-0.39, 0.29) is 11.7 Å². The van der Waals surface area contributed by atoms with Crippen LogP contribution >= 0.6 is 0 Å². The fourth-order valence-electron chi connectivity index (χ4n) is 2.48. The SMILES string of the molecule is Cc1cc(O)ccc1C(=O)N1CCC(C)(C(=O)O)CC1. The molecule has 1 saturated heterocycles. The third-order valence-electron chi connectivity index (χ3n) is 4.11. The molecule has 1 aromatic rings. The summed E-state index contributed by atoms with van der Waals surface area (Å²) in [6, 6.07) is 4.65. The van der Waals surface area contributed by atoms with Gasteiger partial charge in [0.15, 0.2) is 0 Å². The molecule has 2 N–H and O–H groups in total. The number of aryl methyl sites for hydroxylation is 1. The summed E-state index contributed by atoms with van der Waals surface area (Å²) in [7, 11) is 0. The van der Waals surface area contributed by atoms with E-state index in [1.54, 1.807) is 30.9 Å². The number of carbonyl (C=O) groups is 2. The van der Waals surface area contributed by atoms with Gasteiger partial charge in [0.1, 0.15) is 5.75 Å². The first kappa shape index (κ1) is 14.4. The maximum absolute atomic E-state index is 12.4. The average molecular weight is 277 g/mol. The van der Waals surface area contributed by atoms with Crippen LogP contribution in [0.2, 0.25) is 0 Å². The molecule has 0 aliphatic carbocycles. The number of likely N-dealkylation sites (tertiary alicyclic amines) is 1. The lowest BCUT2D eigenvalue weighted by molar-refractivity contribution is -0.150. The van der Waals surface area contributed by atoms with Crippen molar-refractivity contribution < 1.29 is 19.8 Å². The van der Waals surface area contributed by atoms with Gasteiger partial charge >= 0.3 is 5.97 Å². The number of hydrogen-bond acceptors (Lipinski definition) is 3. The highest BCUT2D eigenvalue weighted by Crippen LogP contribution is 2.32. The molecule has 0 aromatic heterocycles. The number of piperidine rings is 1. The summed E-state index contributed by atoms with van der Waals surface area (Å²) in [6.07, 6.45) is 0.927. The first-order valence-electron chi connectivity index (χ1n) is 6.66. The molecular weight excluding hydrogens is 258 g/mol. The molecule has 1 aliphatic rings. The maximum atomic E-state index is 12.4. The minimum atomic E-state index is -0.801. The van der Waals surface area contributed by atoms with Crippen molar-refractivity contribution in [3.63, 3.8) is 0 Å². The highest BCUT2D eigenvalue weighted by atomic mass is 16.4. The van der Waals surface area contributed by atoms with Gasteiger partial charge in [0, 0.05) is 18.7 Å². The van der Waals surface area contributed by atoms with Gasteiger partial charge in [0.2, 0.25) is 0 Å². The second-order valence-corrected chi connectivity index (χ2v) is 5.66. The fraction of sp³-hybridized carbons (Fsp3) is 0.467. The number of amides is 1. The van der Waals surface area contributed by atoms with Crippen molar-refractivity contribution in [3.05, 3.63) is 29.3 Å². The smallest absolute Gasteiger partial charge is 0.309 e. The van der Waals surface area contributed by atoms with E-state index in [9.17, 15) is 19.8 Å². The maximum Gasteiger partial charge on any atom is 0.309 e. The van der Waals surface area contributed by atoms with E-state index in [1.165, 1.54) is 6.07 Å². The van der Waals surface area contributed by atoms with Crippen LogP contribution in [0.1, 0.15) is 35.7 Å². The van der Waals surface area contributed by atoms with E-state index in [0.717, 1.165) is 5.56 Å². The third kappa shape index (κ3) is 2.61. The molecule has 0 radical (unpaired) electrons. The topological polar surface area (TPSA) is 77.8 Å². The zero-order valence-corrected chi connectivity index (χ0v) is 11.7. The molecule has 0 unspecified atom stereocenters. The number of carbonyl (C=O) groups excluding carboxylic acids is 1. The number of hydrogen-bond donors (Lipinski definition) is 2. The monoisotopic (exact) mass is 277 g/mol. The van der Waals surface area contributed by atoms with Crippen LogP contribution < -0.4 is 0 Å².